The molecule has 1 aliphatic rings. The molecule has 0 aliphatic carbocycles. The van der Waals surface area contributed by atoms with E-state index in [2.05, 4.69) is 0 Å². The van der Waals surface area contributed by atoms with Gasteiger partial charge >= 0.3 is 0 Å². The summed E-state index contributed by atoms with van der Waals surface area (Å²) in [5.41, 5.74) is 2.60. The first-order valence-corrected chi connectivity index (χ1v) is 10.8. The molecule has 30 heavy (non-hydrogen) atoms. The van der Waals surface area contributed by atoms with Gasteiger partial charge in [0, 0.05) is 7.05 Å². The first kappa shape index (κ1) is 19.8. The van der Waals surface area contributed by atoms with Crippen molar-refractivity contribution in [3.05, 3.63) is 95.1 Å². The summed E-state index contributed by atoms with van der Waals surface area (Å²) in [5, 5.41) is 0. The van der Waals surface area contributed by atoms with Gasteiger partial charge in [0.1, 0.15) is 0 Å². The second-order valence-electron chi connectivity index (χ2n) is 7.21. The maximum absolute atomic E-state index is 13.6. The number of benzene rings is 3. The van der Waals surface area contributed by atoms with E-state index >= 15 is 0 Å². The second-order valence-corrected chi connectivity index (χ2v) is 9.08. The van der Waals surface area contributed by atoms with E-state index in [-0.39, 0.29) is 22.6 Å². The number of fused-ring (bicyclic) bond motifs is 1. The Kier molecular flexibility index (Phi) is 4.91. The summed E-state index contributed by atoms with van der Waals surface area (Å²) in [5.74, 6) is -0.934. The Hall–Kier alpha value is -3.45. The van der Waals surface area contributed by atoms with Crippen molar-refractivity contribution >= 4 is 27.5 Å². The molecule has 0 spiro atoms. The van der Waals surface area contributed by atoms with E-state index in [1.807, 2.05) is 43.3 Å². The lowest BCUT2D eigenvalue weighted by atomic mass is 10.1. The molecule has 7 heteroatoms. The van der Waals surface area contributed by atoms with E-state index < -0.39 is 21.8 Å². The van der Waals surface area contributed by atoms with Crippen LogP contribution in [0.5, 0.6) is 0 Å². The van der Waals surface area contributed by atoms with Crippen molar-refractivity contribution in [2.75, 3.05) is 11.4 Å². The smallest absolute Gasteiger partial charge is 0.264 e. The molecule has 2 amide bonds. The largest absolute Gasteiger partial charge is 0.277 e. The van der Waals surface area contributed by atoms with Crippen molar-refractivity contribution in [3.63, 3.8) is 0 Å². The van der Waals surface area contributed by atoms with Crippen molar-refractivity contribution in [1.82, 2.24) is 4.90 Å². The Bertz CT molecular complexity index is 1250. The summed E-state index contributed by atoms with van der Waals surface area (Å²) in [7, 11) is -2.62. The number of carbonyl (C=O) groups is 2. The minimum Gasteiger partial charge on any atom is -0.277 e. The summed E-state index contributed by atoms with van der Waals surface area (Å²) < 4.78 is 28.6. The highest BCUT2D eigenvalue weighted by Gasteiger charge is 2.35. The second kappa shape index (κ2) is 7.42. The van der Waals surface area contributed by atoms with Gasteiger partial charge in [-0.2, -0.15) is 0 Å². The van der Waals surface area contributed by atoms with Gasteiger partial charge in [0.25, 0.3) is 21.8 Å². The summed E-state index contributed by atoms with van der Waals surface area (Å²) >= 11 is 0. The zero-order valence-electron chi connectivity index (χ0n) is 16.6. The van der Waals surface area contributed by atoms with Crippen LogP contribution in [0.2, 0.25) is 0 Å². The monoisotopic (exact) mass is 420 g/mol. The number of imide groups is 1. The van der Waals surface area contributed by atoms with Gasteiger partial charge in [0.2, 0.25) is 0 Å². The molecular formula is C23H20N2O4S. The number of rotatable bonds is 5. The van der Waals surface area contributed by atoms with Gasteiger partial charge in [-0.3, -0.25) is 18.8 Å². The third-order valence-electron chi connectivity index (χ3n) is 5.11. The van der Waals surface area contributed by atoms with Crippen LogP contribution >= 0.6 is 0 Å². The van der Waals surface area contributed by atoms with Crippen LogP contribution in [0.4, 0.5) is 5.69 Å². The molecule has 0 N–H and O–H groups in total. The molecule has 0 saturated carbocycles. The normalized spacial score (nSPS) is 13.5. The first-order chi connectivity index (χ1) is 14.3. The van der Waals surface area contributed by atoms with Crippen LogP contribution < -0.4 is 4.31 Å². The van der Waals surface area contributed by atoms with Gasteiger partial charge < -0.3 is 0 Å². The van der Waals surface area contributed by atoms with Crippen LogP contribution in [-0.4, -0.2) is 32.2 Å². The number of hydrogen-bond acceptors (Lipinski definition) is 4. The lowest BCUT2D eigenvalue weighted by molar-refractivity contribution is 0.0693. The Morgan fingerprint density at radius 2 is 1.53 bits per heavy atom. The summed E-state index contributed by atoms with van der Waals surface area (Å²) in [6.07, 6.45) is 0. The zero-order chi connectivity index (χ0) is 21.5. The van der Waals surface area contributed by atoms with Gasteiger partial charge in [-0.25, -0.2) is 8.42 Å². The number of hydrogen-bond donors (Lipinski definition) is 0. The molecule has 3 aromatic carbocycles. The van der Waals surface area contributed by atoms with E-state index in [0.29, 0.717) is 5.69 Å². The van der Waals surface area contributed by atoms with Crippen LogP contribution in [0.25, 0.3) is 0 Å². The number of anilines is 1. The molecule has 0 fully saturated rings. The Balaban J connectivity index is 1.82. The predicted molar refractivity (Wildman–Crippen MR) is 114 cm³/mol. The molecule has 0 unspecified atom stereocenters. The van der Waals surface area contributed by atoms with Crippen LogP contribution in [0.15, 0.2) is 77.7 Å². The number of amides is 2. The van der Waals surface area contributed by atoms with E-state index in [0.717, 1.165) is 16.0 Å². The minimum absolute atomic E-state index is 0.0323. The quantitative estimate of drug-likeness (QED) is 0.591. The maximum Gasteiger partial charge on any atom is 0.264 e. The topological polar surface area (TPSA) is 74.8 Å². The van der Waals surface area contributed by atoms with Crippen molar-refractivity contribution in [2.45, 2.75) is 18.4 Å². The van der Waals surface area contributed by atoms with E-state index in [9.17, 15) is 18.0 Å². The molecule has 4 rings (SSSR count). The Morgan fingerprint density at radius 3 is 2.23 bits per heavy atom. The predicted octanol–water partition coefficient (Wildman–Crippen LogP) is 3.62. The van der Waals surface area contributed by atoms with Crippen LogP contribution in [0.3, 0.4) is 0 Å². The molecule has 6 nitrogen and oxygen atoms in total. The fraction of sp³-hybridized carbons (Fsp3) is 0.130. The molecule has 0 aromatic heterocycles. The Labute approximate surface area is 175 Å². The fourth-order valence-electron chi connectivity index (χ4n) is 3.48. The van der Waals surface area contributed by atoms with Gasteiger partial charge in [0.05, 0.1) is 28.3 Å². The zero-order valence-corrected chi connectivity index (χ0v) is 17.4. The number of aryl methyl sites for hydroxylation is 1. The third kappa shape index (κ3) is 3.37. The maximum atomic E-state index is 13.6. The van der Waals surface area contributed by atoms with Crippen molar-refractivity contribution in [2.24, 2.45) is 0 Å². The summed E-state index contributed by atoms with van der Waals surface area (Å²) in [6, 6.07) is 20.6. The Morgan fingerprint density at radius 1 is 0.833 bits per heavy atom. The van der Waals surface area contributed by atoms with Gasteiger partial charge in [-0.1, -0.05) is 42.5 Å². The minimum atomic E-state index is -4.00. The highest BCUT2D eigenvalue weighted by Crippen LogP contribution is 2.30. The molecular weight excluding hydrogens is 400 g/mol. The lowest BCUT2D eigenvalue weighted by Gasteiger charge is -2.25. The molecule has 3 aromatic rings. The molecule has 1 heterocycles. The molecule has 0 radical (unpaired) electrons. The first-order valence-electron chi connectivity index (χ1n) is 9.39. The van der Waals surface area contributed by atoms with Crippen molar-refractivity contribution in [3.8, 4) is 0 Å². The average molecular weight is 420 g/mol. The number of nitrogens with zero attached hydrogens (tertiary/aromatic N) is 2. The van der Waals surface area contributed by atoms with Crippen LogP contribution in [0.1, 0.15) is 31.8 Å². The van der Waals surface area contributed by atoms with Gasteiger partial charge in [0.15, 0.2) is 0 Å². The fourth-order valence-corrected chi connectivity index (χ4v) is 4.95. The van der Waals surface area contributed by atoms with Crippen LogP contribution in [0, 0.1) is 6.92 Å². The van der Waals surface area contributed by atoms with Crippen molar-refractivity contribution < 1.29 is 18.0 Å². The molecule has 0 saturated heterocycles. The number of sulfonamides is 1. The van der Waals surface area contributed by atoms with E-state index in [4.69, 9.17) is 0 Å². The van der Waals surface area contributed by atoms with Crippen molar-refractivity contribution in [1.29, 1.82) is 0 Å². The SMILES string of the molecule is Cc1cccc(N(Cc2ccccc2)S(=O)(=O)c2ccc3c(c2)C(=O)N(C)C3=O)c1. The van der Waals surface area contributed by atoms with Gasteiger partial charge in [-0.05, 0) is 48.4 Å². The highest BCUT2D eigenvalue weighted by atomic mass is 32.2. The van der Waals surface area contributed by atoms with E-state index in [1.165, 1.54) is 29.6 Å². The third-order valence-corrected chi connectivity index (χ3v) is 6.88. The molecule has 1 aliphatic heterocycles. The summed E-state index contributed by atoms with van der Waals surface area (Å²) in [6.45, 7) is 2.03. The lowest BCUT2D eigenvalue weighted by Crippen LogP contribution is -2.30. The highest BCUT2D eigenvalue weighted by molar-refractivity contribution is 7.92. The number of carbonyl (C=O) groups excluding carboxylic acids is 2. The molecule has 0 atom stereocenters. The molecule has 0 bridgehead atoms. The standard InChI is InChI=1S/C23H20N2O4S/c1-16-7-6-10-18(13-16)25(15-17-8-4-3-5-9-17)30(28,29)19-11-12-20-21(14-19)23(27)24(2)22(20)26/h3-14H,15H2,1-2H3. The average Bonchev–Trinajstić information content (AvgIpc) is 2.96. The van der Waals surface area contributed by atoms with Gasteiger partial charge in [-0.15, -0.1) is 0 Å². The van der Waals surface area contributed by atoms with Crippen LogP contribution in [-0.2, 0) is 16.6 Å². The van der Waals surface area contributed by atoms with E-state index in [1.54, 1.807) is 18.2 Å². The molecule has 152 valence electrons. The summed E-state index contributed by atoms with van der Waals surface area (Å²) in [4.78, 5) is 25.5.